The fraction of sp³-hybridized carbons (Fsp3) is 0.0714. The van der Waals surface area contributed by atoms with Gasteiger partial charge in [-0.05, 0) is 24.3 Å². The van der Waals surface area contributed by atoms with Gasteiger partial charge in [0, 0.05) is 12.7 Å². The maximum atomic E-state index is 13.8. The molecule has 0 radical (unpaired) electrons. The minimum atomic E-state index is -1.03. The number of anilines is 2. The van der Waals surface area contributed by atoms with Crippen LogP contribution in [0.4, 0.5) is 20.2 Å². The summed E-state index contributed by atoms with van der Waals surface area (Å²) in [6.45, 7) is 0. The number of nitrogen functional groups attached to an aromatic ring is 1. The van der Waals surface area contributed by atoms with Crippen molar-refractivity contribution >= 4 is 17.3 Å². The molecule has 0 heterocycles. The second-order valence-electron chi connectivity index (χ2n) is 4.03. The standard InChI is InChI=1S/C14H12F2N2O/c1-18(9-5-3-2-4-6-9)14(19)12-10(15)7-8-11(17)13(12)16/h2-8H,17H2,1H3. The molecule has 98 valence electrons. The molecule has 0 unspecified atom stereocenters. The predicted octanol–water partition coefficient (Wildman–Crippen LogP) is 2.82. The number of amides is 1. The summed E-state index contributed by atoms with van der Waals surface area (Å²) in [7, 11) is 1.44. The Morgan fingerprint density at radius 2 is 1.74 bits per heavy atom. The summed E-state index contributed by atoms with van der Waals surface area (Å²) in [6.07, 6.45) is 0. The van der Waals surface area contributed by atoms with Gasteiger partial charge in [0.2, 0.25) is 0 Å². The summed E-state index contributed by atoms with van der Waals surface area (Å²) < 4.78 is 27.4. The lowest BCUT2D eigenvalue weighted by Crippen LogP contribution is -2.28. The molecule has 0 spiro atoms. The van der Waals surface area contributed by atoms with Crippen LogP contribution in [-0.2, 0) is 0 Å². The molecular weight excluding hydrogens is 250 g/mol. The highest BCUT2D eigenvalue weighted by Crippen LogP contribution is 2.22. The van der Waals surface area contributed by atoms with Crippen molar-refractivity contribution < 1.29 is 13.6 Å². The van der Waals surface area contributed by atoms with Gasteiger partial charge in [0.1, 0.15) is 11.4 Å². The molecule has 0 fully saturated rings. The third kappa shape index (κ3) is 2.40. The van der Waals surface area contributed by atoms with E-state index in [9.17, 15) is 13.6 Å². The van der Waals surface area contributed by atoms with Gasteiger partial charge in [-0.1, -0.05) is 18.2 Å². The van der Waals surface area contributed by atoms with Crippen molar-refractivity contribution in [2.75, 3.05) is 17.7 Å². The molecule has 0 atom stereocenters. The molecule has 1 amide bonds. The average molecular weight is 262 g/mol. The van der Waals surface area contributed by atoms with Crippen molar-refractivity contribution in [1.29, 1.82) is 0 Å². The van der Waals surface area contributed by atoms with E-state index in [0.717, 1.165) is 12.1 Å². The molecule has 2 rings (SSSR count). The molecule has 3 nitrogen and oxygen atoms in total. The minimum absolute atomic E-state index is 0.258. The molecule has 0 aliphatic rings. The largest absolute Gasteiger partial charge is 0.396 e. The molecule has 0 saturated heterocycles. The third-order valence-corrected chi connectivity index (χ3v) is 2.78. The first kappa shape index (κ1) is 13.0. The number of hydrogen-bond acceptors (Lipinski definition) is 2. The molecule has 2 aromatic carbocycles. The minimum Gasteiger partial charge on any atom is -0.396 e. The van der Waals surface area contributed by atoms with Crippen LogP contribution in [0.5, 0.6) is 0 Å². The molecule has 0 bridgehead atoms. The van der Waals surface area contributed by atoms with Gasteiger partial charge in [0.15, 0.2) is 5.82 Å². The quantitative estimate of drug-likeness (QED) is 0.846. The van der Waals surface area contributed by atoms with Gasteiger partial charge in [-0.15, -0.1) is 0 Å². The fourth-order valence-corrected chi connectivity index (χ4v) is 1.70. The third-order valence-electron chi connectivity index (χ3n) is 2.78. The Morgan fingerprint density at radius 1 is 1.11 bits per heavy atom. The van der Waals surface area contributed by atoms with Gasteiger partial charge in [-0.2, -0.15) is 0 Å². The number of halogens is 2. The summed E-state index contributed by atoms with van der Waals surface area (Å²) in [6, 6.07) is 10.6. The molecule has 0 saturated carbocycles. The highest BCUT2D eigenvalue weighted by atomic mass is 19.1. The van der Waals surface area contributed by atoms with E-state index in [2.05, 4.69) is 0 Å². The van der Waals surface area contributed by atoms with Crippen LogP contribution in [-0.4, -0.2) is 13.0 Å². The van der Waals surface area contributed by atoms with Crippen LogP contribution in [0.3, 0.4) is 0 Å². The van der Waals surface area contributed by atoms with Gasteiger partial charge >= 0.3 is 0 Å². The van der Waals surface area contributed by atoms with E-state index in [-0.39, 0.29) is 5.69 Å². The number of benzene rings is 2. The maximum absolute atomic E-state index is 13.8. The molecule has 0 aliphatic heterocycles. The number of rotatable bonds is 2. The summed E-state index contributed by atoms with van der Waals surface area (Å²) in [5.74, 6) is -2.75. The number of carbonyl (C=O) groups excluding carboxylic acids is 1. The van der Waals surface area contributed by atoms with E-state index in [4.69, 9.17) is 5.73 Å². The van der Waals surface area contributed by atoms with E-state index >= 15 is 0 Å². The van der Waals surface area contributed by atoms with Crippen LogP contribution >= 0.6 is 0 Å². The Balaban J connectivity index is 2.43. The Bertz CT molecular complexity index is 614. The first-order valence-corrected chi connectivity index (χ1v) is 5.59. The summed E-state index contributed by atoms with van der Waals surface area (Å²) in [4.78, 5) is 13.3. The fourth-order valence-electron chi connectivity index (χ4n) is 1.70. The summed E-state index contributed by atoms with van der Waals surface area (Å²) >= 11 is 0. The van der Waals surface area contributed by atoms with E-state index < -0.39 is 23.1 Å². The average Bonchev–Trinajstić information content (AvgIpc) is 2.43. The molecule has 0 aliphatic carbocycles. The van der Waals surface area contributed by atoms with Crippen molar-refractivity contribution in [3.8, 4) is 0 Å². The summed E-state index contributed by atoms with van der Waals surface area (Å²) in [5, 5.41) is 0. The molecule has 5 heteroatoms. The van der Waals surface area contributed by atoms with Gasteiger partial charge in [-0.25, -0.2) is 8.78 Å². The van der Waals surface area contributed by atoms with Gasteiger partial charge < -0.3 is 10.6 Å². The van der Waals surface area contributed by atoms with Crippen LogP contribution in [0.15, 0.2) is 42.5 Å². The van der Waals surface area contributed by atoms with E-state index in [1.54, 1.807) is 30.3 Å². The number of para-hydroxylation sites is 1. The lowest BCUT2D eigenvalue weighted by Gasteiger charge is -2.18. The second-order valence-corrected chi connectivity index (χ2v) is 4.03. The molecule has 0 aromatic heterocycles. The topological polar surface area (TPSA) is 46.3 Å². The molecule has 19 heavy (non-hydrogen) atoms. The monoisotopic (exact) mass is 262 g/mol. The Labute approximate surface area is 109 Å². The Kier molecular flexibility index (Phi) is 3.46. The number of hydrogen-bond donors (Lipinski definition) is 1. The van der Waals surface area contributed by atoms with E-state index in [1.165, 1.54) is 11.9 Å². The zero-order valence-corrected chi connectivity index (χ0v) is 10.2. The molecular formula is C14H12F2N2O. The van der Waals surface area contributed by atoms with Crippen molar-refractivity contribution in [3.63, 3.8) is 0 Å². The number of nitrogens with zero attached hydrogens (tertiary/aromatic N) is 1. The first-order chi connectivity index (χ1) is 9.02. The van der Waals surface area contributed by atoms with Crippen LogP contribution in [0.25, 0.3) is 0 Å². The predicted molar refractivity (Wildman–Crippen MR) is 69.9 cm³/mol. The zero-order valence-electron chi connectivity index (χ0n) is 10.2. The Morgan fingerprint density at radius 3 is 2.37 bits per heavy atom. The van der Waals surface area contributed by atoms with Crippen molar-refractivity contribution in [2.24, 2.45) is 0 Å². The van der Waals surface area contributed by atoms with Crippen LogP contribution < -0.4 is 10.6 Å². The van der Waals surface area contributed by atoms with Gasteiger partial charge in [-0.3, -0.25) is 4.79 Å². The molecule has 2 N–H and O–H groups in total. The van der Waals surface area contributed by atoms with Crippen molar-refractivity contribution in [2.45, 2.75) is 0 Å². The van der Waals surface area contributed by atoms with Crippen molar-refractivity contribution in [1.82, 2.24) is 0 Å². The van der Waals surface area contributed by atoms with E-state index in [0.29, 0.717) is 5.69 Å². The van der Waals surface area contributed by atoms with Gasteiger partial charge in [0.05, 0.1) is 5.69 Å². The second kappa shape index (κ2) is 5.06. The highest BCUT2D eigenvalue weighted by Gasteiger charge is 2.23. The van der Waals surface area contributed by atoms with Crippen LogP contribution in [0, 0.1) is 11.6 Å². The first-order valence-electron chi connectivity index (χ1n) is 5.59. The lowest BCUT2D eigenvalue weighted by atomic mass is 10.1. The van der Waals surface area contributed by atoms with Crippen LogP contribution in [0.2, 0.25) is 0 Å². The normalized spacial score (nSPS) is 10.3. The SMILES string of the molecule is CN(C(=O)c1c(F)ccc(N)c1F)c1ccccc1. The van der Waals surface area contributed by atoms with E-state index in [1.807, 2.05) is 0 Å². The van der Waals surface area contributed by atoms with Gasteiger partial charge in [0.25, 0.3) is 5.91 Å². The zero-order chi connectivity index (χ0) is 14.0. The summed E-state index contributed by atoms with van der Waals surface area (Å²) in [5.41, 5.74) is 4.98. The smallest absolute Gasteiger partial charge is 0.264 e. The van der Waals surface area contributed by atoms with Crippen molar-refractivity contribution in [3.05, 3.63) is 59.7 Å². The Hall–Kier alpha value is -2.43. The lowest BCUT2D eigenvalue weighted by molar-refractivity contribution is 0.0985. The van der Waals surface area contributed by atoms with Crippen LogP contribution in [0.1, 0.15) is 10.4 Å². The molecule has 2 aromatic rings. The number of nitrogens with two attached hydrogens (primary N) is 1. The number of carbonyl (C=O) groups is 1. The maximum Gasteiger partial charge on any atom is 0.264 e. The highest BCUT2D eigenvalue weighted by molar-refractivity contribution is 6.06.